The number of ether oxygens (including phenoxy) is 1. The summed E-state index contributed by atoms with van der Waals surface area (Å²) in [5.41, 5.74) is 4.26. The average molecular weight is 317 g/mol. The first-order valence-corrected chi connectivity index (χ1v) is 7.55. The molecule has 0 saturated carbocycles. The minimum atomic E-state index is 0.637. The van der Waals surface area contributed by atoms with E-state index >= 15 is 0 Å². The lowest BCUT2D eigenvalue weighted by Crippen LogP contribution is -1.99. The second-order valence-corrected chi connectivity index (χ2v) is 5.38. The highest BCUT2D eigenvalue weighted by molar-refractivity contribution is 5.72. The molecule has 24 heavy (non-hydrogen) atoms. The Morgan fingerprint density at radius 2 is 1.92 bits per heavy atom. The fourth-order valence-electron chi connectivity index (χ4n) is 2.49. The Morgan fingerprint density at radius 3 is 2.75 bits per heavy atom. The molecule has 0 bridgehead atoms. The lowest BCUT2D eigenvalue weighted by molar-refractivity contribution is 0.414. The molecule has 4 aromatic rings. The van der Waals surface area contributed by atoms with Crippen LogP contribution in [0.15, 0.2) is 61.2 Å². The van der Waals surface area contributed by atoms with E-state index in [1.165, 1.54) is 0 Å². The smallest absolute Gasteiger partial charge is 0.178 e. The number of methoxy groups -OCH3 is 1. The van der Waals surface area contributed by atoms with Crippen molar-refractivity contribution in [2.24, 2.45) is 0 Å². The molecule has 0 radical (unpaired) electrons. The highest BCUT2D eigenvalue weighted by Gasteiger charge is 2.06. The van der Waals surface area contributed by atoms with Crippen molar-refractivity contribution in [1.29, 1.82) is 0 Å². The Hall–Kier alpha value is -3.28. The van der Waals surface area contributed by atoms with Crippen molar-refractivity contribution in [2.75, 3.05) is 7.11 Å². The molecular formula is C18H15N5O. The summed E-state index contributed by atoms with van der Waals surface area (Å²) in [6.07, 6.45) is 7.22. The second kappa shape index (κ2) is 6.08. The zero-order valence-corrected chi connectivity index (χ0v) is 13.1. The van der Waals surface area contributed by atoms with Crippen molar-refractivity contribution in [2.45, 2.75) is 6.54 Å². The van der Waals surface area contributed by atoms with E-state index in [2.05, 4.69) is 20.1 Å². The SMILES string of the molecule is COc1ccc(Cn2cc(-c3cnc4cccnc4n3)cn2)cc1. The third-order valence-corrected chi connectivity index (χ3v) is 3.75. The first kappa shape index (κ1) is 14.3. The summed E-state index contributed by atoms with van der Waals surface area (Å²) in [7, 11) is 1.66. The molecule has 0 atom stereocenters. The zero-order valence-electron chi connectivity index (χ0n) is 13.1. The van der Waals surface area contributed by atoms with Gasteiger partial charge in [0, 0.05) is 18.0 Å². The predicted molar refractivity (Wildman–Crippen MR) is 90.7 cm³/mol. The third-order valence-electron chi connectivity index (χ3n) is 3.75. The van der Waals surface area contributed by atoms with Crippen LogP contribution in [0.25, 0.3) is 22.4 Å². The van der Waals surface area contributed by atoms with Crippen molar-refractivity contribution in [1.82, 2.24) is 24.7 Å². The van der Waals surface area contributed by atoms with Gasteiger partial charge in [0.15, 0.2) is 5.65 Å². The molecule has 0 amide bonds. The van der Waals surface area contributed by atoms with Crippen LogP contribution in [-0.4, -0.2) is 31.8 Å². The lowest BCUT2D eigenvalue weighted by Gasteiger charge is -2.03. The molecule has 0 N–H and O–H groups in total. The first-order valence-electron chi connectivity index (χ1n) is 7.55. The van der Waals surface area contributed by atoms with E-state index in [-0.39, 0.29) is 0 Å². The Balaban J connectivity index is 1.58. The van der Waals surface area contributed by atoms with E-state index in [0.717, 1.165) is 28.1 Å². The van der Waals surface area contributed by atoms with Gasteiger partial charge >= 0.3 is 0 Å². The molecule has 3 aromatic heterocycles. The molecule has 0 fully saturated rings. The summed E-state index contributed by atoms with van der Waals surface area (Å²) in [5.74, 6) is 0.846. The number of rotatable bonds is 4. The minimum absolute atomic E-state index is 0.637. The van der Waals surface area contributed by atoms with Gasteiger partial charge in [0.2, 0.25) is 0 Å². The molecule has 6 nitrogen and oxygen atoms in total. The van der Waals surface area contributed by atoms with Crippen LogP contribution in [0.2, 0.25) is 0 Å². The summed E-state index contributed by atoms with van der Waals surface area (Å²) >= 11 is 0. The molecule has 0 aliphatic heterocycles. The molecule has 118 valence electrons. The van der Waals surface area contributed by atoms with Crippen LogP contribution in [0.5, 0.6) is 5.75 Å². The monoisotopic (exact) mass is 317 g/mol. The van der Waals surface area contributed by atoms with Gasteiger partial charge in [0.1, 0.15) is 11.3 Å². The first-order chi connectivity index (χ1) is 11.8. The summed E-state index contributed by atoms with van der Waals surface area (Å²) in [6.45, 7) is 0.684. The Bertz CT molecular complexity index is 978. The largest absolute Gasteiger partial charge is 0.497 e. The Labute approximate surface area is 138 Å². The van der Waals surface area contributed by atoms with Crippen LogP contribution >= 0.6 is 0 Å². The van der Waals surface area contributed by atoms with Crippen LogP contribution in [0.1, 0.15) is 5.56 Å². The molecule has 1 aromatic carbocycles. The van der Waals surface area contributed by atoms with Gasteiger partial charge in [0.05, 0.1) is 31.7 Å². The molecule has 0 spiro atoms. The van der Waals surface area contributed by atoms with Gasteiger partial charge < -0.3 is 4.74 Å². The van der Waals surface area contributed by atoms with Gasteiger partial charge in [-0.2, -0.15) is 5.10 Å². The number of pyridine rings is 1. The van der Waals surface area contributed by atoms with Crippen LogP contribution in [0.3, 0.4) is 0 Å². The Morgan fingerprint density at radius 1 is 1.04 bits per heavy atom. The second-order valence-electron chi connectivity index (χ2n) is 5.38. The van der Waals surface area contributed by atoms with Crippen molar-refractivity contribution in [3.63, 3.8) is 0 Å². The van der Waals surface area contributed by atoms with Gasteiger partial charge in [-0.3, -0.25) is 9.67 Å². The minimum Gasteiger partial charge on any atom is -0.497 e. The predicted octanol–water partition coefficient (Wildman–Crippen LogP) is 2.95. The summed E-state index contributed by atoms with van der Waals surface area (Å²) in [6, 6.07) is 11.7. The van der Waals surface area contributed by atoms with Crippen molar-refractivity contribution >= 4 is 11.2 Å². The highest BCUT2D eigenvalue weighted by Crippen LogP contribution is 2.18. The number of hydrogen-bond acceptors (Lipinski definition) is 5. The van der Waals surface area contributed by atoms with Gasteiger partial charge in [-0.15, -0.1) is 0 Å². The lowest BCUT2D eigenvalue weighted by atomic mass is 10.2. The van der Waals surface area contributed by atoms with E-state index < -0.39 is 0 Å². The van der Waals surface area contributed by atoms with Gasteiger partial charge in [-0.25, -0.2) is 9.97 Å². The van der Waals surface area contributed by atoms with E-state index in [0.29, 0.717) is 12.2 Å². The summed E-state index contributed by atoms with van der Waals surface area (Å²) < 4.78 is 7.05. The standard InChI is InChI=1S/C18H15N5O/c1-24-15-6-4-13(5-7-15)11-23-12-14(9-21-23)17-10-20-16-3-2-8-19-18(16)22-17/h2-10,12H,11H2,1H3. The van der Waals surface area contributed by atoms with Crippen LogP contribution in [0, 0.1) is 0 Å². The number of fused-ring (bicyclic) bond motifs is 1. The zero-order chi connectivity index (χ0) is 16.4. The van der Waals surface area contributed by atoms with Crippen LogP contribution in [0.4, 0.5) is 0 Å². The molecule has 3 heterocycles. The fourth-order valence-corrected chi connectivity index (χ4v) is 2.49. The number of nitrogens with zero attached hydrogens (tertiary/aromatic N) is 5. The van der Waals surface area contributed by atoms with Crippen LogP contribution < -0.4 is 4.74 Å². The van der Waals surface area contributed by atoms with Crippen LogP contribution in [-0.2, 0) is 6.54 Å². The third kappa shape index (κ3) is 2.81. The van der Waals surface area contributed by atoms with Crippen molar-refractivity contribution in [3.05, 3.63) is 66.7 Å². The van der Waals surface area contributed by atoms with Crippen molar-refractivity contribution in [3.8, 4) is 17.0 Å². The molecule has 0 saturated heterocycles. The number of aromatic nitrogens is 5. The molecule has 0 aliphatic rings. The van der Waals surface area contributed by atoms with E-state index in [1.807, 2.05) is 47.3 Å². The number of benzene rings is 1. The maximum atomic E-state index is 5.17. The van der Waals surface area contributed by atoms with Gasteiger partial charge in [-0.1, -0.05) is 12.1 Å². The topological polar surface area (TPSA) is 65.7 Å². The fraction of sp³-hybridized carbons (Fsp3) is 0.111. The van der Waals surface area contributed by atoms with E-state index in [1.54, 1.807) is 25.7 Å². The molecule has 6 heteroatoms. The quantitative estimate of drug-likeness (QED) is 0.579. The van der Waals surface area contributed by atoms with Crippen molar-refractivity contribution < 1.29 is 4.74 Å². The molecule has 4 rings (SSSR count). The Kier molecular flexibility index (Phi) is 3.63. The molecule has 0 unspecified atom stereocenters. The summed E-state index contributed by atoms with van der Waals surface area (Å²) in [5, 5.41) is 4.41. The van der Waals surface area contributed by atoms with E-state index in [4.69, 9.17) is 4.74 Å². The maximum absolute atomic E-state index is 5.17. The maximum Gasteiger partial charge on any atom is 0.178 e. The molecular weight excluding hydrogens is 302 g/mol. The van der Waals surface area contributed by atoms with Gasteiger partial charge in [0.25, 0.3) is 0 Å². The summed E-state index contributed by atoms with van der Waals surface area (Å²) in [4.78, 5) is 13.2. The normalized spacial score (nSPS) is 10.9. The molecule has 0 aliphatic carbocycles. The average Bonchev–Trinajstić information content (AvgIpc) is 3.10. The number of hydrogen-bond donors (Lipinski definition) is 0. The van der Waals surface area contributed by atoms with Gasteiger partial charge in [-0.05, 0) is 29.8 Å². The van der Waals surface area contributed by atoms with E-state index in [9.17, 15) is 0 Å². The highest BCUT2D eigenvalue weighted by atomic mass is 16.5.